The van der Waals surface area contributed by atoms with Gasteiger partial charge in [0.1, 0.15) is 11.3 Å². The zero-order valence-corrected chi connectivity index (χ0v) is 10.8. The number of benzene rings is 1. The zero-order chi connectivity index (χ0) is 12.4. The van der Waals surface area contributed by atoms with E-state index >= 15 is 0 Å². The van der Waals surface area contributed by atoms with Crippen LogP contribution in [-0.2, 0) is 6.54 Å². The van der Waals surface area contributed by atoms with Crippen LogP contribution in [0.25, 0.3) is 0 Å². The van der Waals surface area contributed by atoms with Crippen LogP contribution in [0, 0.1) is 6.92 Å². The Labute approximate surface area is 109 Å². The SMILES string of the molecule is Cc1ccc(Cn2cnc(C(N)=S)n2)c(Cl)c1. The quantitative estimate of drug-likeness (QED) is 0.863. The molecule has 0 aliphatic rings. The van der Waals surface area contributed by atoms with E-state index in [0.717, 1.165) is 16.1 Å². The second-order valence-electron chi connectivity index (χ2n) is 3.72. The van der Waals surface area contributed by atoms with Gasteiger partial charge >= 0.3 is 0 Å². The molecule has 0 amide bonds. The molecule has 0 bridgehead atoms. The van der Waals surface area contributed by atoms with Gasteiger partial charge in [-0.25, -0.2) is 9.67 Å². The summed E-state index contributed by atoms with van der Waals surface area (Å²) in [6, 6.07) is 5.90. The summed E-state index contributed by atoms with van der Waals surface area (Å²) in [5.41, 5.74) is 7.55. The summed E-state index contributed by atoms with van der Waals surface area (Å²) in [7, 11) is 0. The molecular weight excluding hydrogens is 256 g/mol. The lowest BCUT2D eigenvalue weighted by molar-refractivity contribution is 0.683. The number of aryl methyl sites for hydroxylation is 1. The smallest absolute Gasteiger partial charge is 0.208 e. The van der Waals surface area contributed by atoms with Gasteiger partial charge in [-0.05, 0) is 24.1 Å². The van der Waals surface area contributed by atoms with E-state index in [1.54, 1.807) is 11.0 Å². The first kappa shape index (κ1) is 12.0. The Balaban J connectivity index is 2.22. The topological polar surface area (TPSA) is 56.7 Å². The number of hydrogen-bond acceptors (Lipinski definition) is 3. The predicted molar refractivity (Wildman–Crippen MR) is 71.2 cm³/mol. The van der Waals surface area contributed by atoms with Gasteiger partial charge in [-0.15, -0.1) is 5.10 Å². The van der Waals surface area contributed by atoms with Gasteiger partial charge in [-0.1, -0.05) is 36.0 Å². The fourth-order valence-electron chi connectivity index (χ4n) is 1.44. The summed E-state index contributed by atoms with van der Waals surface area (Å²) in [6.07, 6.45) is 1.59. The molecule has 1 heterocycles. The van der Waals surface area contributed by atoms with E-state index in [0.29, 0.717) is 12.4 Å². The Morgan fingerprint density at radius 3 is 2.88 bits per heavy atom. The third-order valence-corrected chi connectivity index (χ3v) is 2.83. The standard InChI is InChI=1S/C11H11ClN4S/c1-7-2-3-8(9(12)4-7)5-16-6-14-11(15-16)10(13)17/h2-4,6H,5H2,1H3,(H2,13,17). The number of aromatic nitrogens is 3. The summed E-state index contributed by atoms with van der Waals surface area (Å²) in [6.45, 7) is 2.55. The highest BCUT2D eigenvalue weighted by atomic mass is 35.5. The van der Waals surface area contributed by atoms with Crippen molar-refractivity contribution >= 4 is 28.8 Å². The molecule has 0 atom stereocenters. The molecule has 0 aliphatic carbocycles. The van der Waals surface area contributed by atoms with Gasteiger partial charge in [0.25, 0.3) is 0 Å². The molecule has 0 unspecified atom stereocenters. The van der Waals surface area contributed by atoms with Gasteiger partial charge in [0.05, 0.1) is 6.54 Å². The van der Waals surface area contributed by atoms with Crippen molar-refractivity contribution in [2.24, 2.45) is 5.73 Å². The molecule has 2 aromatic rings. The lowest BCUT2D eigenvalue weighted by Gasteiger charge is -2.04. The van der Waals surface area contributed by atoms with Crippen molar-refractivity contribution in [2.75, 3.05) is 0 Å². The Morgan fingerprint density at radius 2 is 2.29 bits per heavy atom. The van der Waals surface area contributed by atoms with Crippen LogP contribution in [0.15, 0.2) is 24.5 Å². The fourth-order valence-corrected chi connectivity index (χ4v) is 1.83. The van der Waals surface area contributed by atoms with Crippen molar-refractivity contribution in [1.82, 2.24) is 14.8 Å². The molecule has 0 saturated carbocycles. The highest BCUT2D eigenvalue weighted by Crippen LogP contribution is 2.18. The highest BCUT2D eigenvalue weighted by molar-refractivity contribution is 7.80. The molecule has 0 radical (unpaired) electrons. The second kappa shape index (κ2) is 4.81. The van der Waals surface area contributed by atoms with Crippen LogP contribution in [0.1, 0.15) is 17.0 Å². The number of nitrogens with zero attached hydrogens (tertiary/aromatic N) is 3. The van der Waals surface area contributed by atoms with Crippen LogP contribution in [0.4, 0.5) is 0 Å². The first-order valence-electron chi connectivity index (χ1n) is 5.00. The molecule has 0 saturated heterocycles. The molecule has 4 nitrogen and oxygen atoms in total. The number of halogens is 1. The molecule has 1 aromatic carbocycles. The van der Waals surface area contributed by atoms with E-state index in [1.807, 2.05) is 25.1 Å². The van der Waals surface area contributed by atoms with Gasteiger partial charge in [-0.2, -0.15) is 0 Å². The fraction of sp³-hybridized carbons (Fsp3) is 0.182. The van der Waals surface area contributed by atoms with Crippen LogP contribution in [0.5, 0.6) is 0 Å². The largest absolute Gasteiger partial charge is 0.387 e. The number of hydrogen-bond donors (Lipinski definition) is 1. The molecule has 17 heavy (non-hydrogen) atoms. The predicted octanol–water partition coefficient (Wildman–Crippen LogP) is 1.92. The van der Waals surface area contributed by atoms with E-state index in [4.69, 9.17) is 29.6 Å². The van der Waals surface area contributed by atoms with Crippen molar-refractivity contribution < 1.29 is 0 Å². The average Bonchev–Trinajstić information content (AvgIpc) is 2.71. The minimum Gasteiger partial charge on any atom is -0.387 e. The molecule has 0 aliphatic heterocycles. The number of rotatable bonds is 3. The molecule has 0 spiro atoms. The van der Waals surface area contributed by atoms with Crippen LogP contribution < -0.4 is 5.73 Å². The molecule has 6 heteroatoms. The van der Waals surface area contributed by atoms with Crippen molar-refractivity contribution in [3.8, 4) is 0 Å². The second-order valence-corrected chi connectivity index (χ2v) is 4.57. The Morgan fingerprint density at radius 1 is 1.53 bits per heavy atom. The van der Waals surface area contributed by atoms with Gasteiger partial charge in [0, 0.05) is 5.02 Å². The van der Waals surface area contributed by atoms with Crippen molar-refractivity contribution in [3.63, 3.8) is 0 Å². The Bertz CT molecular complexity index is 564. The maximum Gasteiger partial charge on any atom is 0.208 e. The van der Waals surface area contributed by atoms with Gasteiger partial charge in [0.2, 0.25) is 5.82 Å². The van der Waals surface area contributed by atoms with E-state index in [2.05, 4.69) is 10.1 Å². The summed E-state index contributed by atoms with van der Waals surface area (Å²) in [4.78, 5) is 4.19. The molecule has 2 rings (SSSR count). The van der Waals surface area contributed by atoms with Gasteiger partial charge in [-0.3, -0.25) is 0 Å². The van der Waals surface area contributed by atoms with Crippen molar-refractivity contribution in [3.05, 3.63) is 46.5 Å². The van der Waals surface area contributed by atoms with Crippen LogP contribution >= 0.6 is 23.8 Å². The zero-order valence-electron chi connectivity index (χ0n) is 9.22. The molecule has 1 aromatic heterocycles. The Hall–Kier alpha value is -1.46. The normalized spacial score (nSPS) is 10.5. The van der Waals surface area contributed by atoms with E-state index in [9.17, 15) is 0 Å². The highest BCUT2D eigenvalue weighted by Gasteiger charge is 2.06. The summed E-state index contributed by atoms with van der Waals surface area (Å²) in [5, 5.41) is 4.87. The van der Waals surface area contributed by atoms with Gasteiger partial charge < -0.3 is 5.73 Å². The lowest BCUT2D eigenvalue weighted by atomic mass is 10.1. The monoisotopic (exact) mass is 266 g/mol. The molecule has 88 valence electrons. The van der Waals surface area contributed by atoms with E-state index < -0.39 is 0 Å². The minimum absolute atomic E-state index is 0.193. The summed E-state index contributed by atoms with van der Waals surface area (Å²) >= 11 is 10.9. The molecule has 2 N–H and O–H groups in total. The maximum atomic E-state index is 6.14. The van der Waals surface area contributed by atoms with Crippen molar-refractivity contribution in [1.29, 1.82) is 0 Å². The molecule has 0 fully saturated rings. The summed E-state index contributed by atoms with van der Waals surface area (Å²) in [5.74, 6) is 0.378. The first-order valence-corrected chi connectivity index (χ1v) is 5.79. The lowest BCUT2D eigenvalue weighted by Crippen LogP contribution is -2.12. The minimum atomic E-state index is 0.193. The Kier molecular flexibility index (Phi) is 3.40. The van der Waals surface area contributed by atoms with Crippen LogP contribution in [0.2, 0.25) is 5.02 Å². The van der Waals surface area contributed by atoms with Crippen molar-refractivity contribution in [2.45, 2.75) is 13.5 Å². The maximum absolute atomic E-state index is 6.14. The molecular formula is C11H11ClN4S. The van der Waals surface area contributed by atoms with E-state index in [-0.39, 0.29) is 4.99 Å². The first-order chi connectivity index (χ1) is 8.06. The van der Waals surface area contributed by atoms with Crippen LogP contribution in [0.3, 0.4) is 0 Å². The third-order valence-electron chi connectivity index (χ3n) is 2.30. The number of nitrogens with two attached hydrogens (primary N) is 1. The average molecular weight is 267 g/mol. The van der Waals surface area contributed by atoms with Gasteiger partial charge in [0.15, 0.2) is 0 Å². The number of thiocarbonyl (C=S) groups is 1. The third kappa shape index (κ3) is 2.81. The van der Waals surface area contributed by atoms with Crippen LogP contribution in [-0.4, -0.2) is 19.8 Å². The summed E-state index contributed by atoms with van der Waals surface area (Å²) < 4.78 is 1.66. The van der Waals surface area contributed by atoms with E-state index in [1.165, 1.54) is 0 Å².